The number of benzene rings is 1. The molecule has 1 aromatic carbocycles. The second-order valence-electron chi connectivity index (χ2n) is 3.41. The smallest absolute Gasteiger partial charge is 0.217 e. The van der Waals surface area contributed by atoms with Gasteiger partial charge in [0.15, 0.2) is 11.6 Å². The van der Waals surface area contributed by atoms with Gasteiger partial charge in [0, 0.05) is 5.39 Å². The third-order valence-corrected chi connectivity index (χ3v) is 2.33. The van der Waals surface area contributed by atoms with Crippen molar-refractivity contribution in [2.45, 2.75) is 6.61 Å². The summed E-state index contributed by atoms with van der Waals surface area (Å²) < 4.78 is 5.59. The van der Waals surface area contributed by atoms with Crippen LogP contribution in [0.15, 0.2) is 34.7 Å². The Morgan fingerprint density at radius 2 is 2.19 bits per heavy atom. The van der Waals surface area contributed by atoms with Crippen molar-refractivity contribution in [1.82, 2.24) is 15.2 Å². The standard InChI is InChI=1S/C11H9N3O2/c15-6-10-12-11(14-13-10)9-5-7-3-1-2-4-8(7)16-9/h1-5,15H,6H2,(H,12,13,14). The predicted octanol–water partition coefficient (Wildman–Crippen LogP) is 1.71. The molecule has 0 unspecified atom stereocenters. The molecule has 0 fully saturated rings. The first-order chi connectivity index (χ1) is 7.86. The summed E-state index contributed by atoms with van der Waals surface area (Å²) in [5.41, 5.74) is 0.799. The van der Waals surface area contributed by atoms with E-state index >= 15 is 0 Å². The van der Waals surface area contributed by atoms with Crippen molar-refractivity contribution in [3.05, 3.63) is 36.2 Å². The molecule has 16 heavy (non-hydrogen) atoms. The van der Waals surface area contributed by atoms with Crippen LogP contribution in [-0.4, -0.2) is 20.3 Å². The largest absolute Gasteiger partial charge is 0.453 e. The summed E-state index contributed by atoms with van der Waals surface area (Å²) in [6.45, 7) is -0.159. The summed E-state index contributed by atoms with van der Waals surface area (Å²) >= 11 is 0. The molecule has 0 saturated heterocycles. The molecule has 0 radical (unpaired) electrons. The highest BCUT2D eigenvalue weighted by Gasteiger charge is 2.10. The van der Waals surface area contributed by atoms with Crippen LogP contribution in [0, 0.1) is 0 Å². The molecule has 0 spiro atoms. The molecular weight excluding hydrogens is 206 g/mol. The summed E-state index contributed by atoms with van der Waals surface area (Å²) in [5, 5.41) is 16.5. The number of furan rings is 1. The topological polar surface area (TPSA) is 74.9 Å². The number of H-pyrrole nitrogens is 1. The first-order valence-corrected chi connectivity index (χ1v) is 4.88. The van der Waals surface area contributed by atoms with Crippen LogP contribution in [-0.2, 0) is 6.61 Å². The maximum absolute atomic E-state index is 8.87. The molecule has 0 bridgehead atoms. The number of hydrogen-bond donors (Lipinski definition) is 2. The molecule has 0 atom stereocenters. The number of aromatic amines is 1. The summed E-state index contributed by atoms with van der Waals surface area (Å²) in [7, 11) is 0. The minimum absolute atomic E-state index is 0.159. The molecule has 3 aromatic rings. The van der Waals surface area contributed by atoms with E-state index < -0.39 is 0 Å². The van der Waals surface area contributed by atoms with Crippen molar-refractivity contribution >= 4 is 11.0 Å². The zero-order valence-electron chi connectivity index (χ0n) is 8.34. The average molecular weight is 215 g/mol. The van der Waals surface area contributed by atoms with E-state index in [-0.39, 0.29) is 6.61 Å². The van der Waals surface area contributed by atoms with E-state index in [9.17, 15) is 0 Å². The van der Waals surface area contributed by atoms with E-state index in [0.29, 0.717) is 17.4 Å². The van der Waals surface area contributed by atoms with Crippen LogP contribution in [0.2, 0.25) is 0 Å². The number of nitrogens with one attached hydrogen (secondary N) is 1. The van der Waals surface area contributed by atoms with Crippen LogP contribution < -0.4 is 0 Å². The van der Waals surface area contributed by atoms with E-state index in [1.165, 1.54) is 0 Å². The van der Waals surface area contributed by atoms with Gasteiger partial charge in [0.05, 0.1) is 0 Å². The Balaban J connectivity index is 2.11. The summed E-state index contributed by atoms with van der Waals surface area (Å²) in [6.07, 6.45) is 0. The SMILES string of the molecule is OCc1nc(-c2cc3ccccc3o2)n[nH]1. The van der Waals surface area contributed by atoms with Gasteiger partial charge in [0.1, 0.15) is 12.2 Å². The van der Waals surface area contributed by atoms with Crippen molar-refractivity contribution in [2.75, 3.05) is 0 Å². The van der Waals surface area contributed by atoms with Crippen molar-refractivity contribution in [1.29, 1.82) is 0 Å². The van der Waals surface area contributed by atoms with E-state index in [0.717, 1.165) is 11.0 Å². The number of rotatable bonds is 2. The number of aliphatic hydroxyl groups excluding tert-OH is 1. The molecule has 0 amide bonds. The van der Waals surface area contributed by atoms with E-state index in [1.807, 2.05) is 30.3 Å². The number of hydrogen-bond acceptors (Lipinski definition) is 4. The lowest BCUT2D eigenvalue weighted by molar-refractivity contribution is 0.272. The van der Waals surface area contributed by atoms with Gasteiger partial charge in [-0.15, -0.1) is 5.10 Å². The third-order valence-electron chi connectivity index (χ3n) is 2.33. The molecule has 80 valence electrons. The number of nitrogens with zero attached hydrogens (tertiary/aromatic N) is 2. The van der Waals surface area contributed by atoms with Gasteiger partial charge in [-0.25, -0.2) is 4.98 Å². The fourth-order valence-electron chi connectivity index (χ4n) is 1.57. The number of aliphatic hydroxyl groups is 1. The Labute approximate surface area is 90.7 Å². The quantitative estimate of drug-likeness (QED) is 0.682. The summed E-state index contributed by atoms with van der Waals surface area (Å²) in [5.74, 6) is 1.48. The minimum Gasteiger partial charge on any atom is -0.453 e. The Hall–Kier alpha value is -2.14. The lowest BCUT2D eigenvalue weighted by atomic mass is 10.2. The Bertz CT molecular complexity index is 594. The van der Waals surface area contributed by atoms with Crippen LogP contribution >= 0.6 is 0 Å². The van der Waals surface area contributed by atoms with Crippen molar-refractivity contribution in [3.8, 4) is 11.6 Å². The van der Waals surface area contributed by atoms with Gasteiger partial charge < -0.3 is 9.52 Å². The second kappa shape index (κ2) is 3.46. The average Bonchev–Trinajstić information content (AvgIpc) is 2.95. The van der Waals surface area contributed by atoms with Gasteiger partial charge in [-0.05, 0) is 12.1 Å². The fourth-order valence-corrected chi connectivity index (χ4v) is 1.57. The van der Waals surface area contributed by atoms with Crippen LogP contribution in [0.4, 0.5) is 0 Å². The Morgan fingerprint density at radius 1 is 1.31 bits per heavy atom. The molecule has 0 aliphatic rings. The van der Waals surface area contributed by atoms with Crippen molar-refractivity contribution in [2.24, 2.45) is 0 Å². The van der Waals surface area contributed by atoms with Crippen molar-refractivity contribution in [3.63, 3.8) is 0 Å². The van der Waals surface area contributed by atoms with Gasteiger partial charge in [0.25, 0.3) is 0 Å². The number of fused-ring (bicyclic) bond motifs is 1. The van der Waals surface area contributed by atoms with Gasteiger partial charge in [0.2, 0.25) is 5.82 Å². The van der Waals surface area contributed by atoms with Crippen LogP contribution in [0.25, 0.3) is 22.6 Å². The lowest BCUT2D eigenvalue weighted by Gasteiger charge is -1.85. The highest BCUT2D eigenvalue weighted by atomic mass is 16.3. The summed E-state index contributed by atoms with van der Waals surface area (Å²) in [4.78, 5) is 4.08. The van der Waals surface area contributed by atoms with Crippen LogP contribution in [0.5, 0.6) is 0 Å². The molecule has 2 aromatic heterocycles. The van der Waals surface area contributed by atoms with Gasteiger partial charge in [-0.2, -0.15) is 0 Å². The van der Waals surface area contributed by atoms with Crippen LogP contribution in [0.1, 0.15) is 5.82 Å². The van der Waals surface area contributed by atoms with Gasteiger partial charge in [-0.3, -0.25) is 5.10 Å². The Kier molecular flexibility index (Phi) is 1.97. The molecular formula is C11H9N3O2. The monoisotopic (exact) mass is 215 g/mol. The zero-order chi connectivity index (χ0) is 11.0. The third kappa shape index (κ3) is 1.38. The van der Waals surface area contributed by atoms with Gasteiger partial charge >= 0.3 is 0 Å². The fraction of sp³-hybridized carbons (Fsp3) is 0.0909. The summed E-state index contributed by atoms with van der Waals surface area (Å²) in [6, 6.07) is 9.57. The van der Waals surface area contributed by atoms with Gasteiger partial charge in [-0.1, -0.05) is 18.2 Å². The molecule has 0 aliphatic carbocycles. The maximum atomic E-state index is 8.87. The van der Waals surface area contributed by atoms with Crippen LogP contribution in [0.3, 0.4) is 0 Å². The Morgan fingerprint density at radius 3 is 2.94 bits per heavy atom. The van der Waals surface area contributed by atoms with E-state index in [1.54, 1.807) is 0 Å². The first-order valence-electron chi connectivity index (χ1n) is 4.88. The molecule has 5 nitrogen and oxygen atoms in total. The zero-order valence-corrected chi connectivity index (χ0v) is 8.34. The highest BCUT2D eigenvalue weighted by molar-refractivity contribution is 5.81. The minimum atomic E-state index is -0.159. The lowest BCUT2D eigenvalue weighted by Crippen LogP contribution is -1.84. The normalized spacial score (nSPS) is 11.1. The highest BCUT2D eigenvalue weighted by Crippen LogP contribution is 2.24. The number of aromatic nitrogens is 3. The number of para-hydroxylation sites is 1. The molecule has 3 rings (SSSR count). The van der Waals surface area contributed by atoms with Crippen molar-refractivity contribution < 1.29 is 9.52 Å². The van der Waals surface area contributed by atoms with E-state index in [2.05, 4.69) is 15.2 Å². The first kappa shape index (κ1) is 9.11. The predicted molar refractivity (Wildman–Crippen MR) is 57.5 cm³/mol. The molecule has 0 saturated carbocycles. The molecule has 2 N–H and O–H groups in total. The molecule has 2 heterocycles. The molecule has 0 aliphatic heterocycles. The maximum Gasteiger partial charge on any atom is 0.217 e. The second-order valence-corrected chi connectivity index (χ2v) is 3.41. The molecule has 5 heteroatoms. The van der Waals surface area contributed by atoms with E-state index in [4.69, 9.17) is 9.52 Å².